The minimum atomic E-state index is -4.52. The van der Waals surface area contributed by atoms with Gasteiger partial charge in [-0.05, 0) is 29.8 Å². The molecule has 1 aliphatic heterocycles. The van der Waals surface area contributed by atoms with Crippen LogP contribution >= 0.6 is 0 Å². The summed E-state index contributed by atoms with van der Waals surface area (Å²) < 4.78 is 38.8. The third-order valence-corrected chi connectivity index (χ3v) is 3.73. The van der Waals surface area contributed by atoms with E-state index in [9.17, 15) is 18.0 Å². The van der Waals surface area contributed by atoms with Crippen LogP contribution in [0.3, 0.4) is 0 Å². The first-order chi connectivity index (χ1) is 11.4. The molecule has 2 aromatic rings. The Balaban J connectivity index is 2.03. The predicted octanol–water partition coefficient (Wildman–Crippen LogP) is 3.69. The van der Waals surface area contributed by atoms with Gasteiger partial charge < -0.3 is 10.2 Å². The van der Waals surface area contributed by atoms with Gasteiger partial charge in [0, 0.05) is 5.69 Å². The van der Waals surface area contributed by atoms with Crippen LogP contribution in [0, 0.1) is 11.3 Å². The molecule has 3 rings (SSSR count). The van der Waals surface area contributed by atoms with Crippen molar-refractivity contribution in [2.75, 3.05) is 11.9 Å². The van der Waals surface area contributed by atoms with Gasteiger partial charge in [0.1, 0.15) is 12.7 Å². The number of halogens is 3. The van der Waals surface area contributed by atoms with Gasteiger partial charge in [-0.3, -0.25) is 4.79 Å². The van der Waals surface area contributed by atoms with Gasteiger partial charge in [0.15, 0.2) is 0 Å². The molecule has 24 heavy (non-hydrogen) atoms. The lowest BCUT2D eigenvalue weighted by Gasteiger charge is -2.38. The SMILES string of the molecule is N#Cc1ccc([C@@H]2Nc3ccccc3C(=O)N2CC(F)(F)F)cc1. The Kier molecular flexibility index (Phi) is 3.89. The number of nitriles is 1. The Hall–Kier alpha value is -3.01. The van der Waals surface area contributed by atoms with Crippen LogP contribution in [0.2, 0.25) is 0 Å². The first-order valence-corrected chi connectivity index (χ1v) is 7.12. The van der Waals surface area contributed by atoms with E-state index >= 15 is 0 Å². The standard InChI is InChI=1S/C17H12F3N3O/c18-17(19,20)10-23-15(12-7-5-11(9-21)6-8-12)22-14-4-2-1-3-13(14)16(23)24/h1-8,15,22H,10H2/t15-/m1/s1. The monoisotopic (exact) mass is 331 g/mol. The summed E-state index contributed by atoms with van der Waals surface area (Å²) in [6.45, 7) is -1.36. The number of hydrogen-bond donors (Lipinski definition) is 1. The van der Waals surface area contributed by atoms with Crippen LogP contribution in [0.5, 0.6) is 0 Å². The van der Waals surface area contributed by atoms with Crippen LogP contribution in [0.1, 0.15) is 27.7 Å². The maximum Gasteiger partial charge on any atom is 0.406 e. The van der Waals surface area contributed by atoms with Crippen molar-refractivity contribution in [1.29, 1.82) is 5.26 Å². The average Bonchev–Trinajstić information content (AvgIpc) is 2.56. The van der Waals surface area contributed by atoms with E-state index in [1.54, 1.807) is 30.3 Å². The minimum absolute atomic E-state index is 0.201. The van der Waals surface area contributed by atoms with E-state index in [0.717, 1.165) is 4.90 Å². The number of nitrogens with zero attached hydrogens (tertiary/aromatic N) is 2. The maximum atomic E-state index is 12.9. The smallest absolute Gasteiger partial charge is 0.361 e. The fraction of sp³-hybridized carbons (Fsp3) is 0.176. The fourth-order valence-electron chi connectivity index (χ4n) is 2.65. The number of alkyl halides is 3. The number of carbonyl (C=O) groups is 1. The summed E-state index contributed by atoms with van der Waals surface area (Å²) in [5.41, 5.74) is 1.55. The molecular weight excluding hydrogens is 319 g/mol. The van der Waals surface area contributed by atoms with Gasteiger partial charge >= 0.3 is 6.18 Å². The van der Waals surface area contributed by atoms with Crippen LogP contribution in [0.25, 0.3) is 0 Å². The van der Waals surface area contributed by atoms with Crippen LogP contribution in [0.4, 0.5) is 18.9 Å². The largest absolute Gasteiger partial charge is 0.406 e. The van der Waals surface area contributed by atoms with Crippen LogP contribution in [0.15, 0.2) is 48.5 Å². The van der Waals surface area contributed by atoms with Crippen LogP contribution in [-0.4, -0.2) is 23.5 Å². The molecule has 0 unspecified atom stereocenters. The Morgan fingerprint density at radius 1 is 1.12 bits per heavy atom. The first-order valence-electron chi connectivity index (χ1n) is 7.12. The normalized spacial score (nSPS) is 17.0. The highest BCUT2D eigenvalue weighted by molar-refractivity contribution is 6.01. The number of carbonyl (C=O) groups excluding carboxylic acids is 1. The van der Waals surface area contributed by atoms with E-state index in [1.165, 1.54) is 18.2 Å². The summed E-state index contributed by atoms with van der Waals surface area (Å²) in [6, 6.07) is 14.5. The summed E-state index contributed by atoms with van der Waals surface area (Å²) >= 11 is 0. The van der Waals surface area contributed by atoms with E-state index in [1.807, 2.05) is 6.07 Å². The van der Waals surface area contributed by atoms with Crippen molar-refractivity contribution in [2.45, 2.75) is 12.3 Å². The molecule has 1 atom stereocenters. The van der Waals surface area contributed by atoms with Crippen molar-refractivity contribution in [3.63, 3.8) is 0 Å². The molecule has 0 bridgehead atoms. The van der Waals surface area contributed by atoms with E-state index in [-0.39, 0.29) is 5.56 Å². The third-order valence-electron chi connectivity index (χ3n) is 3.73. The molecule has 0 saturated carbocycles. The van der Waals surface area contributed by atoms with Gasteiger partial charge in [-0.15, -0.1) is 0 Å². The molecule has 122 valence electrons. The Morgan fingerprint density at radius 2 is 1.79 bits per heavy atom. The van der Waals surface area contributed by atoms with Crippen molar-refractivity contribution in [2.24, 2.45) is 0 Å². The number of anilines is 1. The Morgan fingerprint density at radius 3 is 2.42 bits per heavy atom. The zero-order valence-electron chi connectivity index (χ0n) is 12.3. The Bertz CT molecular complexity index is 809. The van der Waals surface area contributed by atoms with Gasteiger partial charge in [0.05, 0.1) is 17.2 Å². The highest BCUT2D eigenvalue weighted by Gasteiger charge is 2.40. The van der Waals surface area contributed by atoms with Gasteiger partial charge in [0.25, 0.3) is 5.91 Å². The zero-order valence-corrected chi connectivity index (χ0v) is 12.3. The summed E-state index contributed by atoms with van der Waals surface area (Å²) in [7, 11) is 0. The molecule has 0 aromatic heterocycles. The molecule has 0 fully saturated rings. The van der Waals surface area contributed by atoms with E-state index in [0.29, 0.717) is 16.8 Å². The second-order valence-electron chi connectivity index (χ2n) is 5.37. The van der Waals surface area contributed by atoms with Crippen LogP contribution < -0.4 is 5.32 Å². The van der Waals surface area contributed by atoms with E-state index in [4.69, 9.17) is 5.26 Å². The molecule has 1 aliphatic rings. The van der Waals surface area contributed by atoms with Gasteiger partial charge in [-0.1, -0.05) is 24.3 Å². The molecule has 4 nitrogen and oxygen atoms in total. The molecular formula is C17H12F3N3O. The number of para-hydroxylation sites is 1. The molecule has 0 saturated heterocycles. The quantitative estimate of drug-likeness (QED) is 0.913. The van der Waals surface area contributed by atoms with Crippen molar-refractivity contribution < 1.29 is 18.0 Å². The number of hydrogen-bond acceptors (Lipinski definition) is 3. The average molecular weight is 331 g/mol. The van der Waals surface area contributed by atoms with E-state index < -0.39 is 24.8 Å². The number of rotatable bonds is 2. The maximum absolute atomic E-state index is 12.9. The minimum Gasteiger partial charge on any atom is -0.361 e. The number of amides is 1. The molecule has 1 amide bonds. The molecule has 7 heteroatoms. The predicted molar refractivity (Wildman–Crippen MR) is 81.1 cm³/mol. The highest BCUT2D eigenvalue weighted by atomic mass is 19.4. The van der Waals surface area contributed by atoms with Crippen molar-refractivity contribution in [3.05, 3.63) is 65.2 Å². The number of fused-ring (bicyclic) bond motifs is 1. The lowest BCUT2D eigenvalue weighted by molar-refractivity contribution is -0.144. The summed E-state index contributed by atoms with van der Waals surface area (Å²) in [5.74, 6) is -0.684. The van der Waals surface area contributed by atoms with Crippen molar-refractivity contribution >= 4 is 11.6 Å². The van der Waals surface area contributed by atoms with Crippen molar-refractivity contribution in [1.82, 2.24) is 4.90 Å². The molecule has 0 radical (unpaired) electrons. The molecule has 0 aliphatic carbocycles. The highest BCUT2D eigenvalue weighted by Crippen LogP contribution is 2.35. The summed E-state index contributed by atoms with van der Waals surface area (Å²) in [4.78, 5) is 13.3. The second-order valence-corrected chi connectivity index (χ2v) is 5.37. The van der Waals surface area contributed by atoms with Gasteiger partial charge in [0.2, 0.25) is 0 Å². The molecule has 1 N–H and O–H groups in total. The van der Waals surface area contributed by atoms with Crippen molar-refractivity contribution in [3.8, 4) is 6.07 Å². The fourth-order valence-corrected chi connectivity index (χ4v) is 2.65. The molecule has 0 spiro atoms. The molecule has 1 heterocycles. The Labute approximate surface area is 136 Å². The first kappa shape index (κ1) is 15.9. The third kappa shape index (κ3) is 3.04. The second kappa shape index (κ2) is 5.89. The lowest BCUT2D eigenvalue weighted by atomic mass is 10.0. The topological polar surface area (TPSA) is 56.1 Å². The lowest BCUT2D eigenvalue weighted by Crippen LogP contribution is -2.47. The number of benzene rings is 2. The summed E-state index contributed by atoms with van der Waals surface area (Å²) in [6.07, 6.45) is -5.48. The van der Waals surface area contributed by atoms with E-state index in [2.05, 4.69) is 5.32 Å². The van der Waals surface area contributed by atoms with Crippen LogP contribution in [-0.2, 0) is 0 Å². The zero-order chi connectivity index (χ0) is 17.3. The summed E-state index contributed by atoms with van der Waals surface area (Å²) in [5, 5.41) is 11.8. The molecule has 2 aromatic carbocycles. The number of nitrogens with one attached hydrogen (secondary N) is 1. The van der Waals surface area contributed by atoms with Gasteiger partial charge in [-0.25, -0.2) is 0 Å². The van der Waals surface area contributed by atoms with Gasteiger partial charge in [-0.2, -0.15) is 18.4 Å².